The summed E-state index contributed by atoms with van der Waals surface area (Å²) in [4.78, 5) is 0. The van der Waals surface area contributed by atoms with Gasteiger partial charge in [-0.3, -0.25) is 0 Å². The second-order valence-corrected chi connectivity index (χ2v) is 12.7. The summed E-state index contributed by atoms with van der Waals surface area (Å²) in [6, 6.07) is 0. The fourth-order valence-corrected chi connectivity index (χ4v) is 7.39. The maximum atomic E-state index is 4.76. The molecule has 10 heavy (non-hydrogen) atoms. The van der Waals surface area contributed by atoms with Crippen LogP contribution in [0.4, 0.5) is 0 Å². The Kier molecular flexibility index (Phi) is 5.79. The van der Waals surface area contributed by atoms with Crippen molar-refractivity contribution in [1.82, 2.24) is 0 Å². The Balaban J connectivity index is 0. The minimum Gasteiger partial charge on any atom is -0.623 e. The van der Waals surface area contributed by atoms with Crippen molar-refractivity contribution in [2.45, 2.75) is 19.6 Å². The largest absolute Gasteiger partial charge is 1.00 e. The molecule has 0 saturated carbocycles. The van der Waals surface area contributed by atoms with E-state index in [1.54, 1.807) is 0 Å². The molecule has 0 heterocycles. The molecule has 58 valence electrons. The van der Waals surface area contributed by atoms with Crippen molar-refractivity contribution in [3.8, 4) is 0 Å². The van der Waals surface area contributed by atoms with Crippen LogP contribution < -0.4 is 18.9 Å². The molecular formula is C6H18LiNSSi. The van der Waals surface area contributed by atoms with Gasteiger partial charge in [-0.25, -0.2) is 0 Å². The van der Waals surface area contributed by atoms with Crippen molar-refractivity contribution in [2.24, 2.45) is 0 Å². The average molecular weight is 171 g/mol. The first-order valence-corrected chi connectivity index (χ1v) is 9.39. The third-order valence-electron chi connectivity index (χ3n) is 0.548. The van der Waals surface area contributed by atoms with Gasteiger partial charge in [0.2, 0.25) is 0 Å². The van der Waals surface area contributed by atoms with Crippen molar-refractivity contribution < 1.29 is 18.9 Å². The first kappa shape index (κ1) is 13.7. The summed E-state index contributed by atoms with van der Waals surface area (Å²) in [6.45, 7) is 6.85. The van der Waals surface area contributed by atoms with Crippen LogP contribution in [0.3, 0.4) is 0 Å². The molecule has 0 unspecified atom stereocenters. The van der Waals surface area contributed by atoms with E-state index in [-0.39, 0.29) is 18.9 Å². The van der Waals surface area contributed by atoms with Gasteiger partial charge in [0.25, 0.3) is 0 Å². The van der Waals surface area contributed by atoms with E-state index in [2.05, 4.69) is 38.4 Å². The van der Waals surface area contributed by atoms with Crippen molar-refractivity contribution in [3.63, 3.8) is 0 Å². The van der Waals surface area contributed by atoms with Gasteiger partial charge in [-0.05, 0) is 0 Å². The maximum Gasteiger partial charge on any atom is 1.00 e. The van der Waals surface area contributed by atoms with E-state index in [4.69, 9.17) is 4.39 Å². The predicted molar refractivity (Wildman–Crippen MR) is 52.1 cm³/mol. The fourth-order valence-electron chi connectivity index (χ4n) is 0.822. The molecule has 0 atom stereocenters. The summed E-state index contributed by atoms with van der Waals surface area (Å²) in [5, 5.41) is 0. The van der Waals surface area contributed by atoms with Crippen LogP contribution in [0.1, 0.15) is 0 Å². The Hall–Kier alpha value is 1.12. The van der Waals surface area contributed by atoms with Crippen LogP contribution in [0, 0.1) is 0 Å². The number of hydrogen-bond donors (Lipinski definition) is 0. The molecular weight excluding hydrogens is 153 g/mol. The SMILES string of the molecule is C[Si](C)(C)[N-]S(C)(C)C.[Li+]. The standard InChI is InChI=1S/C6H18NSSi.Li/c1-8(2,3)7-9(4,5)6;/h1-6H3;/q-1;+1. The Morgan fingerprint density at radius 2 is 1.30 bits per heavy atom. The molecule has 0 radical (unpaired) electrons. The summed E-state index contributed by atoms with van der Waals surface area (Å²) in [7, 11) is -1.73. The van der Waals surface area contributed by atoms with E-state index in [1.165, 1.54) is 0 Å². The molecule has 0 bridgehead atoms. The smallest absolute Gasteiger partial charge is 0.623 e. The van der Waals surface area contributed by atoms with E-state index >= 15 is 0 Å². The molecule has 4 heteroatoms. The van der Waals surface area contributed by atoms with Crippen LogP contribution in [0.15, 0.2) is 0 Å². The van der Waals surface area contributed by atoms with Gasteiger partial charge in [0.05, 0.1) is 0 Å². The van der Waals surface area contributed by atoms with Gasteiger partial charge in [-0.15, -0.1) is 0 Å². The zero-order chi connectivity index (χ0) is 7.71. The molecule has 0 aliphatic rings. The van der Waals surface area contributed by atoms with Gasteiger partial charge in [-0.2, -0.15) is 0 Å². The maximum absolute atomic E-state index is 4.76. The van der Waals surface area contributed by atoms with Crippen molar-refractivity contribution >= 4 is 18.4 Å². The minimum absolute atomic E-state index is 0. The van der Waals surface area contributed by atoms with Gasteiger partial charge in [0, 0.05) is 0 Å². The van der Waals surface area contributed by atoms with E-state index in [9.17, 15) is 0 Å². The molecule has 0 amide bonds. The third-order valence-corrected chi connectivity index (χ3v) is 4.93. The van der Waals surface area contributed by atoms with Gasteiger partial charge in [-0.1, -0.05) is 46.6 Å². The van der Waals surface area contributed by atoms with Crippen molar-refractivity contribution in [2.75, 3.05) is 18.8 Å². The summed E-state index contributed by atoms with van der Waals surface area (Å²) < 4.78 is 4.76. The van der Waals surface area contributed by atoms with Gasteiger partial charge >= 0.3 is 18.9 Å². The van der Waals surface area contributed by atoms with Crippen LogP contribution >= 0.6 is 10.2 Å². The molecule has 0 aromatic heterocycles. The summed E-state index contributed by atoms with van der Waals surface area (Å²) in [5.74, 6) is 0. The Labute approximate surface area is 80.1 Å². The zero-order valence-electron chi connectivity index (χ0n) is 8.36. The third kappa shape index (κ3) is 11.9. The molecule has 0 aliphatic heterocycles. The fraction of sp³-hybridized carbons (Fsp3) is 1.00. The quantitative estimate of drug-likeness (QED) is 0.511. The van der Waals surface area contributed by atoms with Gasteiger partial charge in [0.1, 0.15) is 0 Å². The zero-order valence-corrected chi connectivity index (χ0v) is 10.2. The summed E-state index contributed by atoms with van der Waals surface area (Å²) >= 11 is 0. The average Bonchev–Trinajstić information content (AvgIpc) is 1.14. The number of nitrogens with zero attached hydrogens (tertiary/aromatic N) is 1. The molecule has 0 spiro atoms. The molecule has 0 aromatic rings. The second-order valence-electron chi connectivity index (χ2n) is 4.03. The molecule has 0 saturated heterocycles. The summed E-state index contributed by atoms with van der Waals surface area (Å²) in [5.41, 5.74) is 0. The normalized spacial score (nSPS) is 14.2. The Morgan fingerprint density at radius 3 is 1.30 bits per heavy atom. The van der Waals surface area contributed by atoms with Crippen LogP contribution in [0.25, 0.3) is 4.39 Å². The number of hydrogen-bond acceptors (Lipinski definition) is 0. The van der Waals surface area contributed by atoms with Crippen LogP contribution in [-0.4, -0.2) is 27.0 Å². The summed E-state index contributed by atoms with van der Waals surface area (Å²) in [6.07, 6.45) is 6.72. The molecule has 0 aliphatic carbocycles. The Morgan fingerprint density at radius 1 is 1.00 bits per heavy atom. The van der Waals surface area contributed by atoms with Crippen LogP contribution in [0.5, 0.6) is 0 Å². The van der Waals surface area contributed by atoms with Crippen molar-refractivity contribution in [1.29, 1.82) is 0 Å². The van der Waals surface area contributed by atoms with Crippen LogP contribution in [-0.2, 0) is 0 Å². The van der Waals surface area contributed by atoms with E-state index in [0.717, 1.165) is 0 Å². The van der Waals surface area contributed by atoms with Crippen LogP contribution in [0.2, 0.25) is 19.6 Å². The Bertz CT molecular complexity index is 82.9. The van der Waals surface area contributed by atoms with E-state index in [1.807, 2.05) is 0 Å². The minimum atomic E-state index is -1.13. The molecule has 0 fully saturated rings. The molecule has 0 N–H and O–H groups in total. The molecule has 0 aromatic carbocycles. The van der Waals surface area contributed by atoms with Gasteiger partial charge < -0.3 is 14.6 Å². The monoisotopic (exact) mass is 171 g/mol. The first-order valence-electron chi connectivity index (χ1n) is 3.13. The van der Waals surface area contributed by atoms with Crippen molar-refractivity contribution in [3.05, 3.63) is 4.39 Å². The number of rotatable bonds is 2. The topological polar surface area (TPSA) is 14.1 Å². The predicted octanol–water partition coefficient (Wildman–Crippen LogP) is -0.192. The van der Waals surface area contributed by atoms with E-state index < -0.39 is 18.4 Å². The second kappa shape index (κ2) is 4.23. The van der Waals surface area contributed by atoms with E-state index in [0.29, 0.717) is 0 Å². The molecule has 0 rings (SSSR count). The molecule has 1 nitrogen and oxygen atoms in total. The van der Waals surface area contributed by atoms with Gasteiger partial charge in [0.15, 0.2) is 0 Å². The first-order chi connectivity index (χ1) is 3.71.